The highest BCUT2D eigenvalue weighted by Crippen LogP contribution is 2.62. The second-order valence-electron chi connectivity index (χ2n) is 7.40. The first-order valence-corrected chi connectivity index (χ1v) is 9.03. The zero-order valence-corrected chi connectivity index (χ0v) is 15.1. The molecule has 2 N–H and O–H groups in total. The standard InChI is InChI=1S/C18H20ClF2N3O2/c1-24-14(25)18(23-16(24)22)13-8-11(19)3-2-10(13)9-17(18)6-4-12(5-7-17)26-15(20)21/h2-3,8,12,15H,4-7,9H2,1H3,(H2,22,23)/t12-,17-,18?. The van der Waals surface area contributed by atoms with Crippen molar-refractivity contribution in [2.45, 2.75) is 50.4 Å². The van der Waals surface area contributed by atoms with Gasteiger partial charge in [-0.3, -0.25) is 9.69 Å². The summed E-state index contributed by atoms with van der Waals surface area (Å²) in [6, 6.07) is 5.52. The quantitative estimate of drug-likeness (QED) is 0.853. The van der Waals surface area contributed by atoms with Crippen LogP contribution in [0.3, 0.4) is 0 Å². The summed E-state index contributed by atoms with van der Waals surface area (Å²) in [6.45, 7) is -2.78. The number of ether oxygens (including phenoxy) is 1. The number of carbonyl (C=O) groups excluding carboxylic acids is 1. The summed E-state index contributed by atoms with van der Waals surface area (Å²) in [5, 5.41) is 0.533. The molecule has 5 nitrogen and oxygen atoms in total. The first-order valence-electron chi connectivity index (χ1n) is 8.65. The van der Waals surface area contributed by atoms with Crippen molar-refractivity contribution >= 4 is 23.5 Å². The van der Waals surface area contributed by atoms with E-state index in [1.807, 2.05) is 6.07 Å². The first kappa shape index (κ1) is 17.7. The number of aliphatic imine (C=N–C) groups is 1. The lowest BCUT2D eigenvalue weighted by molar-refractivity contribution is -0.178. The largest absolute Gasteiger partial charge is 0.369 e. The Hall–Kier alpha value is -1.73. The number of nitrogens with zero attached hydrogens (tertiary/aromatic N) is 2. The van der Waals surface area contributed by atoms with Gasteiger partial charge < -0.3 is 10.5 Å². The molecule has 1 aromatic carbocycles. The van der Waals surface area contributed by atoms with Gasteiger partial charge in [0.1, 0.15) is 0 Å². The smallest absolute Gasteiger partial charge is 0.345 e. The Morgan fingerprint density at radius 2 is 2.08 bits per heavy atom. The van der Waals surface area contributed by atoms with Crippen molar-refractivity contribution in [3.05, 3.63) is 34.3 Å². The molecule has 0 saturated heterocycles. The van der Waals surface area contributed by atoms with Gasteiger partial charge in [-0.15, -0.1) is 0 Å². The van der Waals surface area contributed by atoms with E-state index in [2.05, 4.69) is 4.99 Å². The maximum absolute atomic E-state index is 13.3. The molecule has 0 bridgehead atoms. The minimum Gasteiger partial charge on any atom is -0.369 e. The zero-order chi connectivity index (χ0) is 18.7. The number of hydrogen-bond donors (Lipinski definition) is 1. The van der Waals surface area contributed by atoms with Gasteiger partial charge in [-0.2, -0.15) is 8.78 Å². The Bertz CT molecular complexity index is 793. The van der Waals surface area contributed by atoms with Crippen LogP contribution in [0.5, 0.6) is 0 Å². The van der Waals surface area contributed by atoms with E-state index in [4.69, 9.17) is 22.1 Å². The molecule has 1 atom stereocenters. The van der Waals surface area contributed by atoms with Crippen LogP contribution in [0.25, 0.3) is 0 Å². The van der Waals surface area contributed by atoms with Crippen molar-refractivity contribution < 1.29 is 18.3 Å². The lowest BCUT2D eigenvalue weighted by Gasteiger charge is -2.45. The van der Waals surface area contributed by atoms with Gasteiger partial charge in [-0.1, -0.05) is 17.7 Å². The number of alkyl halides is 2. The minimum atomic E-state index is -2.78. The number of benzene rings is 1. The van der Waals surface area contributed by atoms with Crippen molar-refractivity contribution in [2.75, 3.05) is 7.05 Å². The Balaban J connectivity index is 1.78. The van der Waals surface area contributed by atoms with E-state index in [9.17, 15) is 13.6 Å². The Labute approximate surface area is 155 Å². The number of likely N-dealkylation sites (N-methyl/N-ethyl adjacent to an activating group) is 1. The molecule has 140 valence electrons. The molecule has 1 saturated carbocycles. The summed E-state index contributed by atoms with van der Waals surface area (Å²) in [5.41, 5.74) is 6.19. The monoisotopic (exact) mass is 383 g/mol. The molecule has 3 aliphatic rings. The molecular weight excluding hydrogens is 364 g/mol. The molecule has 2 aliphatic carbocycles. The number of nitrogens with two attached hydrogens (primary N) is 1. The molecule has 1 unspecified atom stereocenters. The molecule has 26 heavy (non-hydrogen) atoms. The maximum atomic E-state index is 13.3. The fourth-order valence-corrected chi connectivity index (χ4v) is 5.12. The third kappa shape index (κ3) is 2.29. The third-order valence-electron chi connectivity index (χ3n) is 6.18. The molecular formula is C18H20ClF2N3O2. The number of guanidine groups is 1. The topological polar surface area (TPSA) is 67.9 Å². The van der Waals surface area contributed by atoms with Crippen LogP contribution in [0.1, 0.15) is 36.8 Å². The minimum absolute atomic E-state index is 0.174. The average molecular weight is 384 g/mol. The molecule has 0 radical (unpaired) electrons. The van der Waals surface area contributed by atoms with Crippen molar-refractivity contribution in [2.24, 2.45) is 16.1 Å². The van der Waals surface area contributed by atoms with Crippen molar-refractivity contribution in [3.63, 3.8) is 0 Å². The predicted molar refractivity (Wildman–Crippen MR) is 93.0 cm³/mol. The van der Waals surface area contributed by atoms with Crippen LogP contribution in [0.2, 0.25) is 5.02 Å². The Morgan fingerprint density at radius 1 is 1.38 bits per heavy atom. The highest BCUT2D eigenvalue weighted by atomic mass is 35.5. The number of halogens is 3. The van der Waals surface area contributed by atoms with Gasteiger partial charge in [-0.05, 0) is 55.4 Å². The van der Waals surface area contributed by atoms with Crippen LogP contribution in [0.4, 0.5) is 8.78 Å². The van der Waals surface area contributed by atoms with Crippen LogP contribution in [-0.2, 0) is 21.5 Å². The summed E-state index contributed by atoms with van der Waals surface area (Å²) in [6.07, 6.45) is 2.19. The Kier molecular flexibility index (Phi) is 4.00. The average Bonchev–Trinajstić information content (AvgIpc) is 2.98. The maximum Gasteiger partial charge on any atom is 0.345 e. The van der Waals surface area contributed by atoms with Crippen LogP contribution >= 0.6 is 11.6 Å². The molecule has 1 amide bonds. The molecule has 0 aromatic heterocycles. The predicted octanol–water partition coefficient (Wildman–Crippen LogP) is 3.05. The highest BCUT2D eigenvalue weighted by Gasteiger charge is 2.66. The fraction of sp³-hybridized carbons (Fsp3) is 0.556. The summed E-state index contributed by atoms with van der Waals surface area (Å²) in [4.78, 5) is 19.3. The fourth-order valence-electron chi connectivity index (χ4n) is 4.94. The molecule has 4 rings (SSSR count). The Morgan fingerprint density at radius 3 is 2.65 bits per heavy atom. The van der Waals surface area contributed by atoms with Crippen LogP contribution in [0.15, 0.2) is 23.2 Å². The summed E-state index contributed by atoms with van der Waals surface area (Å²) >= 11 is 6.21. The SMILES string of the molecule is CN1C(=O)C2(N=C1N)c1cc(Cl)ccc1C[C@]21CC[C@@H](OC(F)F)CC1. The van der Waals surface area contributed by atoms with Crippen molar-refractivity contribution in [1.29, 1.82) is 0 Å². The molecule has 1 aliphatic heterocycles. The number of hydrogen-bond acceptors (Lipinski definition) is 4. The van der Waals surface area contributed by atoms with Crippen LogP contribution < -0.4 is 5.73 Å². The van der Waals surface area contributed by atoms with E-state index in [0.717, 1.165) is 11.1 Å². The number of amides is 1. The molecule has 2 spiro atoms. The second kappa shape index (κ2) is 5.89. The van der Waals surface area contributed by atoms with E-state index in [1.54, 1.807) is 19.2 Å². The van der Waals surface area contributed by atoms with Gasteiger partial charge in [0.2, 0.25) is 0 Å². The number of fused-ring (bicyclic) bond motifs is 3. The van der Waals surface area contributed by atoms with Crippen molar-refractivity contribution in [1.82, 2.24) is 4.90 Å². The summed E-state index contributed by atoms with van der Waals surface area (Å²) < 4.78 is 29.8. The van der Waals surface area contributed by atoms with E-state index >= 15 is 0 Å². The number of rotatable bonds is 2. The lowest BCUT2D eigenvalue weighted by atomic mass is 9.61. The van der Waals surface area contributed by atoms with Crippen molar-refractivity contribution in [3.8, 4) is 0 Å². The van der Waals surface area contributed by atoms with E-state index in [-0.39, 0.29) is 11.9 Å². The third-order valence-corrected chi connectivity index (χ3v) is 6.42. The van der Waals surface area contributed by atoms with Gasteiger partial charge in [-0.25, -0.2) is 4.99 Å². The van der Waals surface area contributed by atoms with Gasteiger partial charge in [0.05, 0.1) is 6.10 Å². The van der Waals surface area contributed by atoms with Gasteiger partial charge in [0.25, 0.3) is 5.91 Å². The van der Waals surface area contributed by atoms with Gasteiger partial charge in [0, 0.05) is 17.5 Å². The summed E-state index contributed by atoms with van der Waals surface area (Å²) in [7, 11) is 1.61. The van der Waals surface area contributed by atoms with Crippen LogP contribution in [0, 0.1) is 5.41 Å². The highest BCUT2D eigenvalue weighted by molar-refractivity contribution is 6.30. The first-order chi connectivity index (χ1) is 12.3. The van der Waals surface area contributed by atoms with E-state index in [0.29, 0.717) is 37.1 Å². The lowest BCUT2D eigenvalue weighted by Crippen LogP contribution is -2.51. The normalized spacial score (nSPS) is 33.4. The van der Waals surface area contributed by atoms with E-state index < -0.39 is 23.7 Å². The molecule has 1 fully saturated rings. The molecule has 1 aromatic rings. The van der Waals surface area contributed by atoms with Gasteiger partial charge >= 0.3 is 6.61 Å². The van der Waals surface area contributed by atoms with Gasteiger partial charge in [0.15, 0.2) is 11.5 Å². The molecule has 8 heteroatoms. The molecule has 1 heterocycles. The zero-order valence-electron chi connectivity index (χ0n) is 14.3. The van der Waals surface area contributed by atoms with E-state index in [1.165, 1.54) is 4.90 Å². The van der Waals surface area contributed by atoms with Crippen LogP contribution in [-0.4, -0.2) is 36.5 Å². The number of carbonyl (C=O) groups is 1. The summed E-state index contributed by atoms with van der Waals surface area (Å²) in [5.74, 6) is -0.00241. The second-order valence-corrected chi connectivity index (χ2v) is 7.84.